The van der Waals surface area contributed by atoms with Crippen LogP contribution < -0.4 is 5.43 Å². The number of carboxylic acid groups (broad SMARTS) is 1. The highest BCUT2D eigenvalue weighted by molar-refractivity contribution is 5.92. The van der Waals surface area contributed by atoms with Crippen LogP contribution in [0.2, 0.25) is 0 Å². The van der Waals surface area contributed by atoms with Crippen LogP contribution in [0.5, 0.6) is 0 Å². The quantitative estimate of drug-likeness (QED) is 0.669. The summed E-state index contributed by atoms with van der Waals surface area (Å²) in [6.45, 7) is 0. The minimum absolute atomic E-state index is 0.0770. The van der Waals surface area contributed by atoms with Crippen LogP contribution in [0, 0.1) is 11.6 Å². The molecule has 0 aliphatic heterocycles. The van der Waals surface area contributed by atoms with Gasteiger partial charge in [0.2, 0.25) is 5.43 Å². The molecule has 1 heterocycles. The molecule has 2 aromatic carbocycles. The molecule has 2 N–H and O–H groups in total. The number of alkyl halides is 3. The molecule has 0 saturated heterocycles. The van der Waals surface area contributed by atoms with Crippen LogP contribution in [-0.4, -0.2) is 16.1 Å². The first-order valence-electron chi connectivity index (χ1n) is 7.50. The lowest BCUT2D eigenvalue weighted by Crippen LogP contribution is -2.16. The smallest absolute Gasteiger partial charge is 0.416 e. The molecule has 0 atom stereocenters. The van der Waals surface area contributed by atoms with E-state index in [0.29, 0.717) is 6.07 Å². The molecule has 0 saturated carbocycles. The van der Waals surface area contributed by atoms with Crippen molar-refractivity contribution in [1.29, 1.82) is 0 Å². The lowest BCUT2D eigenvalue weighted by atomic mass is 10.00. The van der Waals surface area contributed by atoms with Crippen LogP contribution in [0.4, 0.5) is 22.0 Å². The van der Waals surface area contributed by atoms with E-state index >= 15 is 0 Å². The number of aromatic amines is 1. The monoisotopic (exact) mass is 383 g/mol. The number of nitrogens with one attached hydrogen (secondary N) is 1. The minimum atomic E-state index is -4.75. The zero-order valence-corrected chi connectivity index (χ0v) is 13.3. The van der Waals surface area contributed by atoms with Crippen LogP contribution in [0.3, 0.4) is 0 Å². The second-order valence-corrected chi connectivity index (χ2v) is 5.86. The second kappa shape index (κ2) is 6.49. The largest absolute Gasteiger partial charge is 0.477 e. The number of rotatable bonds is 3. The second-order valence-electron chi connectivity index (χ2n) is 5.86. The Balaban J connectivity index is 2.11. The molecule has 9 heteroatoms. The average molecular weight is 383 g/mol. The molecule has 3 rings (SSSR count). The van der Waals surface area contributed by atoms with Gasteiger partial charge in [0.1, 0.15) is 17.2 Å². The normalized spacial score (nSPS) is 11.7. The van der Waals surface area contributed by atoms with Crippen molar-refractivity contribution in [3.8, 4) is 0 Å². The van der Waals surface area contributed by atoms with Gasteiger partial charge in [-0.05, 0) is 47.9 Å². The van der Waals surface area contributed by atoms with E-state index < -0.39 is 40.3 Å². The molecule has 0 amide bonds. The van der Waals surface area contributed by atoms with Crippen molar-refractivity contribution in [2.24, 2.45) is 0 Å². The molecular weight excluding hydrogens is 373 g/mol. The van der Waals surface area contributed by atoms with E-state index in [1.807, 2.05) is 0 Å². The Morgan fingerprint density at radius 2 is 1.70 bits per heavy atom. The van der Waals surface area contributed by atoms with E-state index in [2.05, 4.69) is 4.98 Å². The molecule has 0 fully saturated rings. The number of benzene rings is 2. The summed E-state index contributed by atoms with van der Waals surface area (Å²) in [7, 11) is 0. The van der Waals surface area contributed by atoms with Crippen LogP contribution in [0.25, 0.3) is 10.9 Å². The molecule has 0 aliphatic rings. The number of carboxylic acids is 1. The van der Waals surface area contributed by atoms with Gasteiger partial charge in [-0.1, -0.05) is 0 Å². The summed E-state index contributed by atoms with van der Waals surface area (Å²) in [6.07, 6.45) is -4.18. The minimum Gasteiger partial charge on any atom is -0.477 e. The molecule has 0 radical (unpaired) electrons. The molecular formula is C18H10F5NO3. The maximum absolute atomic E-state index is 14.2. The Morgan fingerprint density at radius 3 is 2.33 bits per heavy atom. The van der Waals surface area contributed by atoms with E-state index in [-0.39, 0.29) is 28.5 Å². The number of halogens is 5. The number of carbonyl (C=O) groups is 1. The lowest BCUT2D eigenvalue weighted by molar-refractivity contribution is -0.137. The van der Waals surface area contributed by atoms with E-state index in [4.69, 9.17) is 5.11 Å². The highest BCUT2D eigenvalue weighted by Gasteiger charge is 2.31. The van der Waals surface area contributed by atoms with Crippen molar-refractivity contribution in [1.82, 2.24) is 4.98 Å². The van der Waals surface area contributed by atoms with Gasteiger partial charge in [0.25, 0.3) is 0 Å². The number of hydrogen-bond acceptors (Lipinski definition) is 2. The third kappa shape index (κ3) is 3.67. The maximum Gasteiger partial charge on any atom is 0.416 e. The molecule has 0 unspecified atom stereocenters. The van der Waals surface area contributed by atoms with Gasteiger partial charge in [0.05, 0.1) is 11.1 Å². The highest BCUT2D eigenvalue weighted by Crippen LogP contribution is 2.31. The molecule has 4 nitrogen and oxygen atoms in total. The predicted octanol–water partition coefficient (Wildman–Crippen LogP) is 4.11. The summed E-state index contributed by atoms with van der Waals surface area (Å²) in [5.74, 6) is -3.50. The number of aromatic nitrogens is 1. The number of fused-ring (bicyclic) bond motifs is 1. The molecule has 140 valence electrons. The van der Waals surface area contributed by atoms with E-state index in [1.165, 1.54) is 6.07 Å². The van der Waals surface area contributed by atoms with Crippen LogP contribution in [0.15, 0.2) is 41.3 Å². The van der Waals surface area contributed by atoms with Gasteiger partial charge in [-0.25, -0.2) is 13.6 Å². The summed E-state index contributed by atoms with van der Waals surface area (Å²) < 4.78 is 66.2. The Hall–Kier alpha value is -3.23. The summed E-state index contributed by atoms with van der Waals surface area (Å²) in [6, 6.07) is 4.09. The number of H-pyrrole nitrogens is 1. The van der Waals surface area contributed by atoms with Gasteiger partial charge in [0.15, 0.2) is 0 Å². The molecule has 3 aromatic rings. The average Bonchev–Trinajstić information content (AvgIpc) is 2.54. The van der Waals surface area contributed by atoms with Crippen LogP contribution >= 0.6 is 0 Å². The third-order valence-electron chi connectivity index (χ3n) is 3.92. The van der Waals surface area contributed by atoms with Crippen molar-refractivity contribution >= 4 is 16.9 Å². The van der Waals surface area contributed by atoms with E-state index in [1.54, 1.807) is 0 Å². The standard InChI is InChI=1S/C18H10F5NO3/c19-11-3-8(2-10(6-11)18(21,22)23)1-9-4-12-15(14(20)5-9)24-7-13(16(12)25)17(26)27/h2-7H,1H2,(H,24,25)(H,26,27). The third-order valence-corrected chi connectivity index (χ3v) is 3.92. The van der Waals surface area contributed by atoms with Crippen molar-refractivity contribution < 1.29 is 31.9 Å². The van der Waals surface area contributed by atoms with Gasteiger partial charge in [-0.15, -0.1) is 0 Å². The zero-order chi connectivity index (χ0) is 19.9. The fourth-order valence-corrected chi connectivity index (χ4v) is 2.76. The van der Waals surface area contributed by atoms with Gasteiger partial charge in [-0.2, -0.15) is 13.2 Å². The number of aromatic carboxylic acids is 1. The predicted molar refractivity (Wildman–Crippen MR) is 85.7 cm³/mol. The van der Waals surface area contributed by atoms with E-state index in [9.17, 15) is 31.5 Å². The summed E-state index contributed by atoms with van der Waals surface area (Å²) in [5, 5.41) is 8.71. The zero-order valence-electron chi connectivity index (χ0n) is 13.3. The van der Waals surface area contributed by atoms with Crippen molar-refractivity contribution in [3.05, 3.63) is 80.6 Å². The van der Waals surface area contributed by atoms with Crippen molar-refractivity contribution in [3.63, 3.8) is 0 Å². The fraction of sp³-hybridized carbons (Fsp3) is 0.111. The first-order chi connectivity index (χ1) is 12.6. The fourth-order valence-electron chi connectivity index (χ4n) is 2.76. The highest BCUT2D eigenvalue weighted by atomic mass is 19.4. The summed E-state index contributed by atoms with van der Waals surface area (Å²) in [5.41, 5.74) is -2.95. The Morgan fingerprint density at radius 1 is 1.04 bits per heavy atom. The van der Waals surface area contributed by atoms with Crippen LogP contribution in [-0.2, 0) is 12.6 Å². The summed E-state index contributed by atoms with van der Waals surface area (Å²) >= 11 is 0. The first-order valence-corrected chi connectivity index (χ1v) is 7.50. The number of pyridine rings is 1. The van der Waals surface area contributed by atoms with Gasteiger partial charge >= 0.3 is 12.1 Å². The number of hydrogen-bond donors (Lipinski definition) is 2. The van der Waals surface area contributed by atoms with Crippen molar-refractivity contribution in [2.45, 2.75) is 12.6 Å². The van der Waals surface area contributed by atoms with Crippen molar-refractivity contribution in [2.75, 3.05) is 0 Å². The van der Waals surface area contributed by atoms with Gasteiger partial charge < -0.3 is 10.1 Å². The Labute approximate surface area is 147 Å². The lowest BCUT2D eigenvalue weighted by Gasteiger charge is -2.10. The van der Waals surface area contributed by atoms with Gasteiger partial charge in [-0.3, -0.25) is 4.79 Å². The summed E-state index contributed by atoms with van der Waals surface area (Å²) in [4.78, 5) is 25.6. The molecule has 27 heavy (non-hydrogen) atoms. The van der Waals surface area contributed by atoms with Crippen LogP contribution in [0.1, 0.15) is 27.0 Å². The van der Waals surface area contributed by atoms with E-state index in [0.717, 1.165) is 24.4 Å². The SMILES string of the molecule is O=C(O)c1c[nH]c2c(F)cc(Cc3cc(F)cc(C(F)(F)F)c3)cc2c1=O. The molecule has 0 bridgehead atoms. The molecule has 0 aliphatic carbocycles. The first kappa shape index (κ1) is 18.6. The molecule has 1 aromatic heterocycles. The maximum atomic E-state index is 14.2. The Kier molecular flexibility index (Phi) is 4.46. The molecule has 0 spiro atoms. The Bertz CT molecular complexity index is 1120. The topological polar surface area (TPSA) is 70.2 Å². The van der Waals surface area contributed by atoms with Gasteiger partial charge in [0, 0.05) is 11.6 Å².